The van der Waals surface area contributed by atoms with Crippen molar-refractivity contribution < 1.29 is 13.6 Å². The van der Waals surface area contributed by atoms with E-state index in [1.807, 2.05) is 0 Å². The van der Waals surface area contributed by atoms with Gasteiger partial charge in [0.25, 0.3) is 6.71 Å². The van der Waals surface area contributed by atoms with E-state index in [0.29, 0.717) is 0 Å². The summed E-state index contributed by atoms with van der Waals surface area (Å²) in [6, 6.07) is 102. The molecular weight excluding hydrogens is 1230 g/mol. The van der Waals surface area contributed by atoms with E-state index in [4.69, 9.17) is 4.42 Å². The second kappa shape index (κ2) is 24.2. The van der Waals surface area contributed by atoms with Gasteiger partial charge in [-0.1, -0.05) is 289 Å². The molecule has 18 rings (SSSR count). The third kappa shape index (κ3) is 11.0. The van der Waals surface area contributed by atoms with Crippen LogP contribution in [-0.4, -0.2) is 13.4 Å². The summed E-state index contributed by atoms with van der Waals surface area (Å²) in [4.78, 5) is 5.08. The minimum absolute atomic E-state index is 0.0240. The molecule has 0 bridgehead atoms. The van der Waals surface area contributed by atoms with Crippen LogP contribution in [-0.2, 0) is 21.7 Å². The summed E-state index contributed by atoms with van der Waals surface area (Å²) in [5.41, 5.74) is 34.4. The molecule has 0 aliphatic carbocycles. The number of hydrogen-bond donors (Lipinski definition) is 0. The highest BCUT2D eigenvalue weighted by Gasteiger charge is 2.56. The summed E-state index contributed by atoms with van der Waals surface area (Å²) in [5.74, 6) is 0. The number of benzene rings is 12. The van der Waals surface area contributed by atoms with Gasteiger partial charge in [-0.2, -0.15) is 0 Å². The van der Waals surface area contributed by atoms with Crippen LogP contribution in [0.3, 0.4) is 0 Å². The lowest BCUT2D eigenvalue weighted by Crippen LogP contribution is -2.84. The summed E-state index contributed by atoms with van der Waals surface area (Å²) < 4.78 is 11.6. The molecule has 0 spiro atoms. The van der Waals surface area contributed by atoms with E-state index in [2.05, 4.69) is 394 Å². The van der Waals surface area contributed by atoms with E-state index in [1.165, 1.54) is 145 Å². The maximum absolute atomic E-state index is 6.55. The van der Waals surface area contributed by atoms with Crippen molar-refractivity contribution >= 4 is 103 Å². The molecule has 0 amide bonds. The lowest BCUT2D eigenvalue weighted by atomic mass is 9.33. The highest BCUT2D eigenvalue weighted by Crippen LogP contribution is 2.47. The van der Waals surface area contributed by atoms with Gasteiger partial charge >= 0.3 is 12.4 Å². The first-order chi connectivity index (χ1) is 49.0. The zero-order valence-corrected chi connectivity index (χ0v) is 61.1. The second-order valence-electron chi connectivity index (χ2n) is 33.0. The molecule has 14 aromatic rings. The van der Waals surface area contributed by atoms with Gasteiger partial charge in [0.05, 0.1) is 6.07 Å². The minimum Gasteiger partial charge on any atom is -0.456 e. The van der Waals surface area contributed by atoms with Gasteiger partial charge in [0.2, 0.25) is 12.1 Å². The van der Waals surface area contributed by atoms with Crippen LogP contribution < -0.4 is 52.0 Å². The van der Waals surface area contributed by atoms with Gasteiger partial charge in [-0.05, 0) is 167 Å². The van der Waals surface area contributed by atoms with E-state index >= 15 is 0 Å². The predicted octanol–water partition coefficient (Wildman–Crippen LogP) is 19.2. The van der Waals surface area contributed by atoms with Gasteiger partial charge in [0.15, 0.2) is 12.4 Å². The summed E-state index contributed by atoms with van der Waals surface area (Å²) in [7, 11) is 0. The van der Waals surface area contributed by atoms with Gasteiger partial charge < -0.3 is 14.2 Å². The van der Waals surface area contributed by atoms with Crippen LogP contribution >= 0.6 is 0 Å². The van der Waals surface area contributed by atoms with Crippen molar-refractivity contribution in [3.05, 3.63) is 335 Å². The normalized spacial score (nSPS) is 15.0. The van der Waals surface area contributed by atoms with Crippen LogP contribution in [0.2, 0.25) is 0 Å². The zero-order chi connectivity index (χ0) is 70.3. The number of aromatic nitrogens is 2. The fourth-order valence-electron chi connectivity index (χ4n) is 16.8. The number of furan rings is 1. The summed E-state index contributed by atoms with van der Waals surface area (Å²) >= 11 is 0. The highest BCUT2D eigenvalue weighted by molar-refractivity contribution is 7.00. The van der Waals surface area contributed by atoms with Crippen LogP contribution in [0.1, 0.15) is 145 Å². The molecule has 102 heavy (non-hydrogen) atoms. The van der Waals surface area contributed by atoms with Crippen molar-refractivity contribution in [2.24, 2.45) is 0 Å². The molecule has 2 unspecified atom stereocenters. The van der Waals surface area contributed by atoms with Crippen LogP contribution in [0.4, 0.5) is 34.1 Å². The summed E-state index contributed by atoms with van der Waals surface area (Å²) in [6.07, 6.45) is 4.57. The van der Waals surface area contributed by atoms with Gasteiger partial charge in [-0.3, -0.25) is 0 Å². The molecule has 0 N–H and O–H groups in total. The molecule has 7 heteroatoms. The van der Waals surface area contributed by atoms with E-state index < -0.39 is 0 Å². The minimum atomic E-state index is -0.0393. The molecule has 2 atom stereocenters. The molecular formula is C95H88B2N4O+2. The van der Waals surface area contributed by atoms with Gasteiger partial charge in [-0.15, -0.1) is 9.13 Å². The first-order valence-corrected chi connectivity index (χ1v) is 36.6. The van der Waals surface area contributed by atoms with Gasteiger partial charge in [0.1, 0.15) is 11.2 Å². The van der Waals surface area contributed by atoms with Crippen LogP contribution in [0, 0.1) is 6.92 Å². The molecule has 5 nitrogen and oxygen atoms in total. The van der Waals surface area contributed by atoms with E-state index in [9.17, 15) is 0 Å². The van der Waals surface area contributed by atoms with Crippen molar-refractivity contribution in [1.82, 2.24) is 0 Å². The number of aryl methyl sites for hydroxylation is 1. The number of para-hydroxylation sites is 1. The Hall–Kier alpha value is -10.8. The fourth-order valence-corrected chi connectivity index (χ4v) is 16.8. The Morgan fingerprint density at radius 2 is 0.755 bits per heavy atom. The average Bonchev–Trinajstić information content (AvgIpc) is 0.831. The monoisotopic (exact) mass is 1320 g/mol. The Morgan fingerprint density at radius 1 is 0.324 bits per heavy atom. The largest absolute Gasteiger partial charge is 0.456 e. The van der Waals surface area contributed by atoms with Gasteiger partial charge in [-0.25, -0.2) is 0 Å². The van der Waals surface area contributed by atoms with Crippen molar-refractivity contribution in [2.75, 3.05) is 9.80 Å². The van der Waals surface area contributed by atoms with Crippen LogP contribution in [0.25, 0.3) is 44.2 Å². The van der Waals surface area contributed by atoms with Crippen LogP contribution in [0.5, 0.6) is 0 Å². The molecule has 4 aliphatic heterocycles. The molecule has 0 fully saturated rings. The maximum atomic E-state index is 6.55. The zero-order valence-electron chi connectivity index (χ0n) is 61.1. The Labute approximate surface area is 603 Å². The smallest absolute Gasteiger partial charge is 0.420 e. The van der Waals surface area contributed by atoms with Crippen molar-refractivity contribution in [2.45, 2.75) is 124 Å². The molecule has 0 radical (unpaired) electrons. The van der Waals surface area contributed by atoms with Crippen LogP contribution in [0.15, 0.2) is 290 Å². The lowest BCUT2D eigenvalue weighted by Gasteiger charge is -2.45. The third-order valence-electron chi connectivity index (χ3n) is 22.2. The Kier molecular flexibility index (Phi) is 15.3. The highest BCUT2D eigenvalue weighted by atomic mass is 16.3. The second-order valence-corrected chi connectivity index (χ2v) is 33.0. The number of nitrogens with zero attached hydrogens (tertiary/aromatic N) is 4. The standard InChI is InChI=1S/C48H33BN2O.C47H55BN2/c1-3-12-32(13-4-1)34-20-24-36(25-21-34)46-39-17-7-9-18-42(39)49-43-30-40-38-16-8-10-19-44(38)52-45(40)31-41(43)47(51-29-11-28-50(46)48(49)51)37-26-22-35(23-27-37)33-14-5-2-6-15-33;1-30-26-41-43-42(27-30)50(36-22-16-32(17-23-36)45(5,6)7)40-25-19-34(47(11,12)13)29-38(40)48(43)37-28-33(46(8,9)10)18-24-39(37)49(41)35-20-14-31(15-21-35)44(2,3)4/h1-31,46-47H;14-29H,1-13H3/q+2;. The number of anilines is 6. The Balaban J connectivity index is 0.000000152. The van der Waals surface area contributed by atoms with Crippen molar-refractivity contribution in [3.63, 3.8) is 0 Å². The SMILES string of the molecule is Cc1cc2c3c(c1)N(c1ccc(C(C)(C)C)cc1)c1ccc(C(C)(C)C)cc1B3c1cc(C(C)(C)C)ccc1N2c1ccc(C(C)(C)C)cc1.c1ccc(-c2ccc(C3c4ccccc4B4c5cc6c(cc5C(c5ccc(-c7ccccc7)cc5)[n+]5ccc[n+]3c54)oc3ccccc36)cc2)cc1. The first kappa shape index (κ1) is 64.6. The number of rotatable bonds is 6. The first-order valence-electron chi connectivity index (χ1n) is 36.6. The Morgan fingerprint density at radius 3 is 1.25 bits per heavy atom. The number of hydrogen-bond acceptors (Lipinski definition) is 3. The number of fused-ring (bicyclic) bond motifs is 11. The molecule has 498 valence electrons. The summed E-state index contributed by atoms with van der Waals surface area (Å²) in [6.45, 7) is 30.1. The third-order valence-corrected chi connectivity index (χ3v) is 22.2. The van der Waals surface area contributed by atoms with Gasteiger partial charge in [0, 0.05) is 67.2 Å². The molecule has 6 heterocycles. The lowest BCUT2D eigenvalue weighted by molar-refractivity contribution is -0.806. The fraction of sp³-hybridized carbons (Fsp3) is 0.200. The average molecular weight is 1320 g/mol. The molecule has 12 aromatic carbocycles. The molecule has 4 aliphatic rings. The maximum Gasteiger partial charge on any atom is 0.420 e. The van der Waals surface area contributed by atoms with E-state index in [-0.39, 0.29) is 47.2 Å². The topological polar surface area (TPSA) is 27.4 Å². The molecule has 0 saturated heterocycles. The molecule has 2 aromatic heterocycles. The van der Waals surface area contributed by atoms with E-state index in [0.717, 1.165) is 16.6 Å². The molecule has 0 saturated carbocycles. The van der Waals surface area contributed by atoms with Crippen molar-refractivity contribution in [3.8, 4) is 22.3 Å². The quantitative estimate of drug-likeness (QED) is 0.123. The Bertz CT molecular complexity index is 5430. The predicted molar refractivity (Wildman–Crippen MR) is 430 cm³/mol. The van der Waals surface area contributed by atoms with Crippen molar-refractivity contribution in [1.29, 1.82) is 0 Å². The summed E-state index contributed by atoms with van der Waals surface area (Å²) in [5, 5.41) is 2.32. The van der Waals surface area contributed by atoms with E-state index in [1.54, 1.807) is 0 Å².